The topological polar surface area (TPSA) is 206 Å². The zero-order chi connectivity index (χ0) is 24.3. The van der Waals surface area contributed by atoms with Crippen molar-refractivity contribution >= 4 is 28.8 Å². The molecular weight excluding hydrogens is 404 g/mol. The number of aromatic amines is 1. The Morgan fingerprint density at radius 3 is 1.65 bits per heavy atom. The first-order chi connectivity index (χ1) is 14.3. The first-order valence-electron chi connectivity index (χ1n) is 9.79. The van der Waals surface area contributed by atoms with E-state index in [1.807, 2.05) is 30.5 Å². The molecule has 31 heavy (non-hydrogen) atoms. The lowest BCUT2D eigenvalue weighted by atomic mass is 10.1. The average Bonchev–Trinajstić information content (AvgIpc) is 3.10. The summed E-state index contributed by atoms with van der Waals surface area (Å²) in [5, 5.41) is 26.2. The maximum Gasteiger partial charge on any atom is 0.320 e. The number of hydrogen-bond acceptors (Lipinski definition) is 6. The molecule has 0 amide bonds. The van der Waals surface area contributed by atoms with E-state index in [1.54, 1.807) is 27.7 Å². The van der Waals surface area contributed by atoms with Crippen molar-refractivity contribution in [1.29, 1.82) is 0 Å². The molecule has 1 aromatic carbocycles. The number of para-hydroxylation sites is 1. The van der Waals surface area contributed by atoms with Gasteiger partial charge in [0.05, 0.1) is 0 Å². The molecule has 0 aliphatic heterocycles. The third-order valence-corrected chi connectivity index (χ3v) is 4.44. The number of nitrogens with one attached hydrogen (secondary N) is 1. The Morgan fingerprint density at radius 2 is 1.29 bits per heavy atom. The minimum atomic E-state index is -0.972. The summed E-state index contributed by atoms with van der Waals surface area (Å²) in [6.07, 6.45) is 2.16. The number of fused-ring (bicyclic) bond motifs is 1. The Labute approximate surface area is 181 Å². The summed E-state index contributed by atoms with van der Waals surface area (Å²) < 4.78 is 0. The maximum absolute atomic E-state index is 10.6. The Hall–Kier alpha value is -2.95. The van der Waals surface area contributed by atoms with Crippen molar-refractivity contribution in [3.8, 4) is 0 Å². The summed E-state index contributed by atoms with van der Waals surface area (Å²) in [5.74, 6) is -2.79. The number of rotatable bonds is 7. The lowest BCUT2D eigenvalue weighted by Crippen LogP contribution is -2.34. The molecule has 0 saturated carbocycles. The van der Waals surface area contributed by atoms with Crippen molar-refractivity contribution in [2.24, 2.45) is 29.0 Å². The first kappa shape index (κ1) is 28.1. The molecule has 10 N–H and O–H groups in total. The summed E-state index contributed by atoms with van der Waals surface area (Å²) in [6, 6.07) is 5.49. The predicted octanol–water partition coefficient (Wildman–Crippen LogP) is 1.23. The van der Waals surface area contributed by atoms with Gasteiger partial charge < -0.3 is 37.5 Å². The van der Waals surface area contributed by atoms with Crippen molar-refractivity contribution in [2.45, 2.75) is 52.2 Å². The van der Waals surface area contributed by atoms with Crippen molar-refractivity contribution in [1.82, 2.24) is 4.98 Å². The monoisotopic (exact) mass is 438 g/mol. The van der Waals surface area contributed by atoms with E-state index in [2.05, 4.69) is 4.98 Å². The van der Waals surface area contributed by atoms with Crippen LogP contribution in [-0.2, 0) is 20.8 Å². The van der Waals surface area contributed by atoms with Crippen LogP contribution in [-0.4, -0.2) is 56.3 Å². The molecule has 2 unspecified atom stereocenters. The van der Waals surface area contributed by atoms with E-state index >= 15 is 0 Å². The number of carboxylic acids is 3. The van der Waals surface area contributed by atoms with E-state index in [0.717, 1.165) is 16.5 Å². The van der Waals surface area contributed by atoms with E-state index in [1.165, 1.54) is 0 Å². The number of hydrogen-bond donors (Lipinski definition) is 7. The molecule has 0 aliphatic carbocycles. The molecule has 0 spiro atoms. The fourth-order valence-electron chi connectivity index (χ4n) is 2.20. The van der Waals surface area contributed by atoms with Gasteiger partial charge in [0, 0.05) is 23.5 Å². The Morgan fingerprint density at radius 1 is 0.839 bits per heavy atom. The minimum Gasteiger partial charge on any atom is -0.480 e. The van der Waals surface area contributed by atoms with Gasteiger partial charge in [-0.15, -0.1) is 0 Å². The van der Waals surface area contributed by atoms with Crippen LogP contribution in [0.3, 0.4) is 0 Å². The van der Waals surface area contributed by atoms with Gasteiger partial charge in [-0.05, 0) is 23.5 Å². The number of carboxylic acid groups (broad SMARTS) is 3. The average molecular weight is 439 g/mol. The second-order valence-electron chi connectivity index (χ2n) is 7.72. The molecule has 10 heteroatoms. The summed E-state index contributed by atoms with van der Waals surface area (Å²) in [5.41, 5.74) is 17.8. The van der Waals surface area contributed by atoms with E-state index in [-0.39, 0.29) is 11.8 Å². The summed E-state index contributed by atoms with van der Waals surface area (Å²) in [7, 11) is 0. The van der Waals surface area contributed by atoms with Gasteiger partial charge >= 0.3 is 17.9 Å². The van der Waals surface area contributed by atoms with Gasteiger partial charge in [-0.1, -0.05) is 45.9 Å². The molecule has 2 aromatic rings. The van der Waals surface area contributed by atoms with Gasteiger partial charge in [-0.2, -0.15) is 0 Å². The highest BCUT2D eigenvalue weighted by Crippen LogP contribution is 2.18. The second-order valence-corrected chi connectivity index (χ2v) is 7.72. The van der Waals surface area contributed by atoms with Gasteiger partial charge in [0.25, 0.3) is 0 Å². The van der Waals surface area contributed by atoms with Crippen molar-refractivity contribution in [3.63, 3.8) is 0 Å². The molecule has 0 radical (unpaired) electrons. The highest BCUT2D eigenvalue weighted by molar-refractivity contribution is 5.84. The minimum absolute atomic E-state index is 0.0208. The zero-order valence-electron chi connectivity index (χ0n) is 18.3. The number of carbonyl (C=O) groups is 3. The van der Waals surface area contributed by atoms with Gasteiger partial charge in [0.15, 0.2) is 0 Å². The van der Waals surface area contributed by atoms with Crippen molar-refractivity contribution in [3.05, 3.63) is 36.0 Å². The largest absolute Gasteiger partial charge is 0.480 e. The highest BCUT2D eigenvalue weighted by atomic mass is 16.4. The van der Waals surface area contributed by atoms with Gasteiger partial charge in [-0.3, -0.25) is 14.4 Å². The van der Waals surface area contributed by atoms with E-state index < -0.39 is 36.0 Å². The smallest absolute Gasteiger partial charge is 0.320 e. The molecule has 0 aliphatic rings. The standard InChI is InChI=1S/C11H12N2O2.2C5H11NO2/c12-9(11(14)15)5-7-6-13-10-4-2-1-3-8(7)10;2*1-3(2)4(6)5(7)8/h1-4,6,9,13H,5,12H2,(H,14,15);2*3-4H,6H2,1-2H3,(H,7,8)/t;4-;/m.0./s1. The fraction of sp³-hybridized carbons (Fsp3) is 0.476. The van der Waals surface area contributed by atoms with Crippen LogP contribution >= 0.6 is 0 Å². The van der Waals surface area contributed by atoms with Gasteiger partial charge in [0.2, 0.25) is 0 Å². The molecule has 1 aromatic heterocycles. The quantitative estimate of drug-likeness (QED) is 0.331. The van der Waals surface area contributed by atoms with E-state index in [9.17, 15) is 14.4 Å². The Balaban J connectivity index is 0.000000483. The summed E-state index contributed by atoms with van der Waals surface area (Å²) >= 11 is 0. The lowest BCUT2D eigenvalue weighted by molar-refractivity contribution is -0.140. The molecule has 174 valence electrons. The highest BCUT2D eigenvalue weighted by Gasteiger charge is 2.15. The molecular formula is C21H34N4O6. The maximum atomic E-state index is 10.6. The van der Waals surface area contributed by atoms with Crippen LogP contribution in [0.25, 0.3) is 10.9 Å². The van der Waals surface area contributed by atoms with Crippen LogP contribution in [0.1, 0.15) is 33.3 Å². The Kier molecular flexibility index (Phi) is 12.1. The molecule has 1 heterocycles. The van der Waals surface area contributed by atoms with Crippen LogP contribution < -0.4 is 17.2 Å². The number of aromatic nitrogens is 1. The normalized spacial score (nSPS) is 13.5. The third-order valence-electron chi connectivity index (χ3n) is 4.44. The SMILES string of the molecule is CC(C)C(N)C(=O)O.CC(C)[C@H](N)C(=O)O.NC(Cc1c[nH]c2ccccc12)C(=O)O. The van der Waals surface area contributed by atoms with E-state index in [4.69, 9.17) is 32.5 Å². The molecule has 0 bridgehead atoms. The fourth-order valence-corrected chi connectivity index (χ4v) is 2.20. The van der Waals surface area contributed by atoms with Gasteiger partial charge in [-0.25, -0.2) is 0 Å². The van der Waals surface area contributed by atoms with Crippen LogP contribution in [0.2, 0.25) is 0 Å². The van der Waals surface area contributed by atoms with Gasteiger partial charge in [0.1, 0.15) is 18.1 Å². The second kappa shape index (κ2) is 13.4. The number of aliphatic carboxylic acids is 3. The van der Waals surface area contributed by atoms with Crippen LogP contribution in [0.5, 0.6) is 0 Å². The third kappa shape index (κ3) is 10.1. The summed E-state index contributed by atoms with van der Waals surface area (Å²) in [6.45, 7) is 7.11. The van der Waals surface area contributed by atoms with Crippen LogP contribution in [0, 0.1) is 11.8 Å². The van der Waals surface area contributed by atoms with Crippen molar-refractivity contribution < 1.29 is 29.7 Å². The first-order valence-corrected chi connectivity index (χ1v) is 9.79. The molecule has 10 nitrogen and oxygen atoms in total. The summed E-state index contributed by atoms with van der Waals surface area (Å²) in [4.78, 5) is 33.7. The molecule has 2 rings (SSSR count). The molecule has 0 saturated heterocycles. The number of H-pyrrole nitrogens is 1. The van der Waals surface area contributed by atoms with Crippen molar-refractivity contribution in [2.75, 3.05) is 0 Å². The van der Waals surface area contributed by atoms with E-state index in [0.29, 0.717) is 6.42 Å². The predicted molar refractivity (Wildman–Crippen MR) is 119 cm³/mol. The van der Waals surface area contributed by atoms with Crippen LogP contribution in [0.4, 0.5) is 0 Å². The number of nitrogens with two attached hydrogens (primary N) is 3. The lowest BCUT2D eigenvalue weighted by Gasteiger charge is -2.07. The van der Waals surface area contributed by atoms with Crippen LogP contribution in [0.15, 0.2) is 30.5 Å². The zero-order valence-corrected chi connectivity index (χ0v) is 18.3. The molecule has 3 atom stereocenters. The molecule has 0 fully saturated rings. The number of benzene rings is 1. The Bertz CT molecular complexity index is 825.